The fourth-order valence-corrected chi connectivity index (χ4v) is 3.14. The van der Waals surface area contributed by atoms with Crippen LogP contribution in [0.5, 0.6) is 0 Å². The van der Waals surface area contributed by atoms with E-state index in [-0.39, 0.29) is 0 Å². The molecule has 19 heavy (non-hydrogen) atoms. The van der Waals surface area contributed by atoms with Gasteiger partial charge in [-0.2, -0.15) is 0 Å². The molecule has 3 rings (SSSR count). The minimum absolute atomic E-state index is 0.568. The van der Waals surface area contributed by atoms with Crippen molar-refractivity contribution in [2.45, 2.75) is 38.6 Å². The van der Waals surface area contributed by atoms with Gasteiger partial charge in [-0.1, -0.05) is 11.6 Å². The van der Waals surface area contributed by atoms with Crippen molar-refractivity contribution in [2.75, 3.05) is 13.1 Å². The van der Waals surface area contributed by atoms with Crippen molar-refractivity contribution in [3.05, 3.63) is 35.4 Å². The lowest BCUT2D eigenvalue weighted by atomic mass is 9.95. The van der Waals surface area contributed by atoms with Crippen LogP contribution in [0.15, 0.2) is 24.5 Å². The maximum absolute atomic E-state index is 6.02. The number of likely N-dealkylation sites (tertiary alicyclic amines) is 1. The van der Waals surface area contributed by atoms with E-state index in [4.69, 9.17) is 11.6 Å². The Bertz CT molecular complexity index is 568. The molecule has 0 N–H and O–H groups in total. The Morgan fingerprint density at radius 2 is 2.05 bits per heavy atom. The van der Waals surface area contributed by atoms with Crippen LogP contribution in [-0.4, -0.2) is 33.4 Å². The Hall–Kier alpha value is -1.06. The lowest BCUT2D eigenvalue weighted by Gasteiger charge is -2.34. The number of pyridine rings is 1. The van der Waals surface area contributed by atoms with Crippen molar-refractivity contribution < 1.29 is 0 Å². The number of rotatable bonds is 2. The highest BCUT2D eigenvalue weighted by Crippen LogP contribution is 2.29. The average molecular weight is 278 g/mol. The van der Waals surface area contributed by atoms with Crippen LogP contribution < -0.4 is 0 Å². The van der Waals surface area contributed by atoms with Gasteiger partial charge >= 0.3 is 0 Å². The lowest BCUT2D eigenvalue weighted by molar-refractivity contribution is 0.169. The Kier molecular flexibility index (Phi) is 3.50. The van der Waals surface area contributed by atoms with Crippen molar-refractivity contribution in [1.29, 1.82) is 0 Å². The molecule has 0 saturated carbocycles. The third-order valence-corrected chi connectivity index (χ3v) is 4.38. The van der Waals surface area contributed by atoms with E-state index in [1.807, 2.05) is 24.5 Å². The highest BCUT2D eigenvalue weighted by molar-refractivity contribution is 6.30. The maximum Gasteiger partial charge on any atom is 0.116 e. The monoisotopic (exact) mass is 277 g/mol. The molecule has 2 aromatic rings. The molecule has 4 heteroatoms. The molecule has 0 bridgehead atoms. The summed E-state index contributed by atoms with van der Waals surface area (Å²) in [6, 6.07) is 4.56. The summed E-state index contributed by atoms with van der Waals surface area (Å²) in [6.45, 7) is 6.89. The number of imidazole rings is 1. The van der Waals surface area contributed by atoms with Crippen LogP contribution in [0.25, 0.3) is 5.52 Å². The van der Waals surface area contributed by atoms with Crippen LogP contribution >= 0.6 is 11.6 Å². The lowest BCUT2D eigenvalue weighted by Crippen LogP contribution is -2.38. The SMILES string of the molecule is CC(C)N1CCC(c2ncc3cc(Cl)ccn23)CC1. The van der Waals surface area contributed by atoms with Gasteiger partial charge in [0.2, 0.25) is 0 Å². The van der Waals surface area contributed by atoms with Gasteiger partial charge in [-0.3, -0.25) is 0 Å². The molecule has 0 unspecified atom stereocenters. The van der Waals surface area contributed by atoms with Gasteiger partial charge in [0.05, 0.1) is 11.7 Å². The summed E-state index contributed by atoms with van der Waals surface area (Å²) in [6.07, 6.45) is 6.35. The van der Waals surface area contributed by atoms with Crippen LogP contribution in [0.1, 0.15) is 38.4 Å². The molecule has 1 fully saturated rings. The highest BCUT2D eigenvalue weighted by Gasteiger charge is 2.24. The van der Waals surface area contributed by atoms with Crippen LogP contribution in [-0.2, 0) is 0 Å². The topological polar surface area (TPSA) is 20.5 Å². The molecule has 2 aromatic heterocycles. The molecule has 0 radical (unpaired) electrons. The third-order valence-electron chi connectivity index (χ3n) is 4.15. The largest absolute Gasteiger partial charge is 0.303 e. The quantitative estimate of drug-likeness (QED) is 0.836. The number of hydrogen-bond donors (Lipinski definition) is 0. The van der Waals surface area contributed by atoms with Crippen molar-refractivity contribution in [2.24, 2.45) is 0 Å². The first-order chi connectivity index (χ1) is 9.15. The van der Waals surface area contributed by atoms with E-state index in [9.17, 15) is 0 Å². The molecular weight excluding hydrogens is 258 g/mol. The minimum atomic E-state index is 0.568. The zero-order valence-corrected chi connectivity index (χ0v) is 12.3. The predicted octanol–water partition coefficient (Wildman–Crippen LogP) is 3.58. The van der Waals surface area contributed by atoms with E-state index in [0.717, 1.165) is 10.5 Å². The Balaban J connectivity index is 1.82. The molecule has 0 aromatic carbocycles. The van der Waals surface area contributed by atoms with E-state index in [1.165, 1.54) is 31.8 Å². The smallest absolute Gasteiger partial charge is 0.116 e. The first-order valence-corrected chi connectivity index (χ1v) is 7.39. The van der Waals surface area contributed by atoms with E-state index in [1.54, 1.807) is 0 Å². The summed E-state index contributed by atoms with van der Waals surface area (Å²) in [4.78, 5) is 7.16. The summed E-state index contributed by atoms with van der Waals surface area (Å²) < 4.78 is 2.18. The van der Waals surface area contributed by atoms with Crippen molar-refractivity contribution in [3.8, 4) is 0 Å². The van der Waals surface area contributed by atoms with E-state index in [0.29, 0.717) is 12.0 Å². The van der Waals surface area contributed by atoms with Gasteiger partial charge in [-0.05, 0) is 51.9 Å². The summed E-state index contributed by atoms with van der Waals surface area (Å²) in [7, 11) is 0. The molecule has 3 nitrogen and oxygen atoms in total. The second kappa shape index (κ2) is 5.14. The first kappa shape index (κ1) is 12.9. The van der Waals surface area contributed by atoms with Gasteiger partial charge < -0.3 is 9.30 Å². The summed E-state index contributed by atoms with van der Waals surface area (Å²) in [5.41, 5.74) is 1.09. The van der Waals surface area contributed by atoms with Gasteiger partial charge in [0.25, 0.3) is 0 Å². The highest BCUT2D eigenvalue weighted by atomic mass is 35.5. The van der Waals surface area contributed by atoms with Crippen LogP contribution in [0.2, 0.25) is 5.02 Å². The average Bonchev–Trinajstić information content (AvgIpc) is 2.81. The van der Waals surface area contributed by atoms with Crippen molar-refractivity contribution >= 4 is 17.1 Å². The minimum Gasteiger partial charge on any atom is -0.303 e. The fraction of sp³-hybridized carbons (Fsp3) is 0.533. The normalized spacial score (nSPS) is 18.5. The standard InChI is InChI=1S/C15H20ClN3/c1-11(2)18-6-3-12(4-7-18)15-17-10-14-9-13(16)5-8-19(14)15/h5,8-12H,3-4,6-7H2,1-2H3. The molecule has 0 aliphatic carbocycles. The molecule has 102 valence electrons. The number of nitrogens with zero attached hydrogens (tertiary/aromatic N) is 3. The van der Waals surface area contributed by atoms with E-state index in [2.05, 4.69) is 28.1 Å². The maximum atomic E-state index is 6.02. The predicted molar refractivity (Wildman–Crippen MR) is 78.9 cm³/mol. The summed E-state index contributed by atoms with van der Waals surface area (Å²) >= 11 is 6.02. The summed E-state index contributed by atoms with van der Waals surface area (Å²) in [5.74, 6) is 1.76. The van der Waals surface area contributed by atoms with E-state index < -0.39 is 0 Å². The zero-order chi connectivity index (χ0) is 13.4. The number of aromatic nitrogens is 2. The Morgan fingerprint density at radius 3 is 2.74 bits per heavy atom. The number of hydrogen-bond acceptors (Lipinski definition) is 2. The zero-order valence-electron chi connectivity index (χ0n) is 11.5. The van der Waals surface area contributed by atoms with Gasteiger partial charge in [-0.15, -0.1) is 0 Å². The van der Waals surface area contributed by atoms with Crippen LogP contribution in [0.4, 0.5) is 0 Å². The third kappa shape index (κ3) is 2.49. The van der Waals surface area contributed by atoms with Gasteiger partial charge in [-0.25, -0.2) is 4.98 Å². The Labute approximate surface area is 119 Å². The van der Waals surface area contributed by atoms with Gasteiger partial charge in [0, 0.05) is 23.2 Å². The van der Waals surface area contributed by atoms with Gasteiger partial charge in [0.1, 0.15) is 5.82 Å². The second-order valence-corrected chi connectivity index (χ2v) is 6.10. The molecule has 1 saturated heterocycles. The van der Waals surface area contributed by atoms with Crippen molar-refractivity contribution in [3.63, 3.8) is 0 Å². The molecule has 1 aliphatic rings. The number of fused-ring (bicyclic) bond motifs is 1. The van der Waals surface area contributed by atoms with Crippen LogP contribution in [0.3, 0.4) is 0 Å². The summed E-state index contributed by atoms with van der Waals surface area (Å²) in [5, 5.41) is 0.772. The fourth-order valence-electron chi connectivity index (χ4n) is 2.97. The molecule has 0 spiro atoms. The molecular formula is C15H20ClN3. The number of halogens is 1. The van der Waals surface area contributed by atoms with Gasteiger partial charge in [0.15, 0.2) is 0 Å². The molecule has 0 atom stereocenters. The van der Waals surface area contributed by atoms with Crippen molar-refractivity contribution in [1.82, 2.24) is 14.3 Å². The van der Waals surface area contributed by atoms with E-state index >= 15 is 0 Å². The Morgan fingerprint density at radius 1 is 1.32 bits per heavy atom. The first-order valence-electron chi connectivity index (χ1n) is 7.01. The molecule has 1 aliphatic heterocycles. The molecule has 0 amide bonds. The molecule has 3 heterocycles. The number of piperidine rings is 1. The second-order valence-electron chi connectivity index (χ2n) is 5.66. The van der Waals surface area contributed by atoms with Crippen LogP contribution in [0, 0.1) is 0 Å².